The van der Waals surface area contributed by atoms with Gasteiger partial charge in [0, 0.05) is 5.56 Å². The van der Waals surface area contributed by atoms with E-state index in [1.54, 1.807) is 19.1 Å². The minimum absolute atomic E-state index is 0.122. The highest BCUT2D eigenvalue weighted by Crippen LogP contribution is 2.29. The van der Waals surface area contributed by atoms with E-state index in [2.05, 4.69) is 0 Å². The fraction of sp³-hybridized carbons (Fsp3) is 0.263. The van der Waals surface area contributed by atoms with Crippen molar-refractivity contribution in [2.75, 3.05) is 6.61 Å². The van der Waals surface area contributed by atoms with Gasteiger partial charge in [0.05, 0.1) is 18.3 Å². The highest BCUT2D eigenvalue weighted by atomic mass is 19.1. The molecule has 130 valence electrons. The summed E-state index contributed by atoms with van der Waals surface area (Å²) in [6, 6.07) is 8.20. The van der Waals surface area contributed by atoms with Crippen LogP contribution in [0.2, 0.25) is 0 Å². The fourth-order valence-electron chi connectivity index (χ4n) is 2.36. The summed E-state index contributed by atoms with van der Waals surface area (Å²) < 4.78 is 24.6. The molecule has 5 nitrogen and oxygen atoms in total. The van der Waals surface area contributed by atoms with Crippen LogP contribution >= 0.6 is 0 Å². The molecule has 0 heterocycles. The predicted molar refractivity (Wildman–Crippen MR) is 87.5 cm³/mol. The third-order valence-corrected chi connectivity index (χ3v) is 3.75. The Hall–Kier alpha value is -2.89. The number of carbonyl (C=O) groups excluding carboxylic acids is 2. The summed E-state index contributed by atoms with van der Waals surface area (Å²) in [6.07, 6.45) is 2.28. The second-order valence-electron chi connectivity index (χ2n) is 5.74. The summed E-state index contributed by atoms with van der Waals surface area (Å²) in [5.41, 5.74) is -0.424. The van der Waals surface area contributed by atoms with Gasteiger partial charge in [-0.3, -0.25) is 4.79 Å². The van der Waals surface area contributed by atoms with Gasteiger partial charge in [-0.2, -0.15) is 0 Å². The molecule has 0 aromatic heterocycles. The number of ether oxygens (including phenoxy) is 2. The van der Waals surface area contributed by atoms with Gasteiger partial charge >= 0.3 is 5.97 Å². The maximum Gasteiger partial charge on any atom is 0.338 e. The van der Waals surface area contributed by atoms with Gasteiger partial charge in [0.15, 0.2) is 5.78 Å². The Morgan fingerprint density at radius 3 is 2.40 bits per heavy atom. The SMILES string of the molecule is CCOC(=O)c1cc(O)c(C(=O)c2ccc(OC3CC3)cc2)c(F)c1. The van der Waals surface area contributed by atoms with Crippen LogP contribution in [-0.4, -0.2) is 29.6 Å². The summed E-state index contributed by atoms with van der Waals surface area (Å²) in [4.78, 5) is 24.1. The topological polar surface area (TPSA) is 72.8 Å². The lowest BCUT2D eigenvalue weighted by atomic mass is 10.00. The highest BCUT2D eigenvalue weighted by Gasteiger charge is 2.24. The van der Waals surface area contributed by atoms with Crippen LogP contribution in [0.15, 0.2) is 36.4 Å². The number of halogens is 1. The molecule has 1 aliphatic rings. The van der Waals surface area contributed by atoms with Crippen molar-refractivity contribution in [3.05, 3.63) is 58.9 Å². The summed E-state index contributed by atoms with van der Waals surface area (Å²) in [7, 11) is 0. The molecule has 0 atom stereocenters. The molecule has 1 aliphatic carbocycles. The normalized spacial score (nSPS) is 13.4. The Labute approximate surface area is 144 Å². The molecule has 25 heavy (non-hydrogen) atoms. The Kier molecular flexibility index (Phi) is 4.70. The van der Waals surface area contributed by atoms with E-state index < -0.39 is 28.9 Å². The standard InChI is InChI=1S/C19H17FO5/c1-2-24-19(23)12-9-15(20)17(16(21)10-12)18(22)11-3-5-13(6-4-11)25-14-7-8-14/h3-6,9-10,14,21H,2,7-8H2,1H3. The van der Waals surface area contributed by atoms with Crippen molar-refractivity contribution in [2.24, 2.45) is 0 Å². The van der Waals surface area contributed by atoms with Crippen molar-refractivity contribution in [1.82, 2.24) is 0 Å². The molecule has 3 rings (SSSR count). The van der Waals surface area contributed by atoms with E-state index in [1.165, 1.54) is 12.1 Å². The van der Waals surface area contributed by atoms with E-state index in [4.69, 9.17) is 9.47 Å². The van der Waals surface area contributed by atoms with Gasteiger partial charge in [-0.15, -0.1) is 0 Å². The quantitative estimate of drug-likeness (QED) is 0.641. The molecule has 0 bridgehead atoms. The van der Waals surface area contributed by atoms with Crippen LogP contribution in [0.3, 0.4) is 0 Å². The number of aromatic hydroxyl groups is 1. The van der Waals surface area contributed by atoms with E-state index in [1.807, 2.05) is 0 Å². The lowest BCUT2D eigenvalue weighted by molar-refractivity contribution is 0.0525. The molecular weight excluding hydrogens is 327 g/mol. The van der Waals surface area contributed by atoms with Crippen LogP contribution in [0.1, 0.15) is 46.0 Å². The Morgan fingerprint density at radius 2 is 1.84 bits per heavy atom. The van der Waals surface area contributed by atoms with Crippen molar-refractivity contribution in [3.63, 3.8) is 0 Å². The number of hydrogen-bond donors (Lipinski definition) is 1. The first-order valence-electron chi connectivity index (χ1n) is 8.00. The molecule has 0 radical (unpaired) electrons. The lowest BCUT2D eigenvalue weighted by Gasteiger charge is -2.09. The van der Waals surface area contributed by atoms with Gasteiger partial charge in [0.2, 0.25) is 0 Å². The largest absolute Gasteiger partial charge is 0.507 e. The third-order valence-electron chi connectivity index (χ3n) is 3.75. The number of carbonyl (C=O) groups is 2. The Bertz CT molecular complexity index is 786. The first-order chi connectivity index (χ1) is 12.0. The van der Waals surface area contributed by atoms with Gasteiger partial charge in [0.25, 0.3) is 0 Å². The van der Waals surface area contributed by atoms with E-state index in [9.17, 15) is 19.1 Å². The van der Waals surface area contributed by atoms with Crippen molar-refractivity contribution >= 4 is 11.8 Å². The summed E-state index contributed by atoms with van der Waals surface area (Å²) in [5.74, 6) is -2.39. The van der Waals surface area contributed by atoms with Crippen LogP contribution in [0.4, 0.5) is 4.39 Å². The number of rotatable bonds is 6. The van der Waals surface area contributed by atoms with E-state index in [0.29, 0.717) is 5.75 Å². The minimum Gasteiger partial charge on any atom is -0.507 e. The summed E-state index contributed by atoms with van der Waals surface area (Å²) in [6.45, 7) is 1.74. The third kappa shape index (κ3) is 3.79. The Balaban J connectivity index is 1.84. The molecule has 0 unspecified atom stereocenters. The zero-order valence-electron chi connectivity index (χ0n) is 13.6. The number of esters is 1. The number of benzene rings is 2. The molecule has 0 aliphatic heterocycles. The van der Waals surface area contributed by atoms with E-state index in [-0.39, 0.29) is 23.8 Å². The van der Waals surface area contributed by atoms with Gasteiger partial charge in [-0.1, -0.05) is 0 Å². The average molecular weight is 344 g/mol. The van der Waals surface area contributed by atoms with Crippen molar-refractivity contribution < 1.29 is 28.6 Å². The zero-order valence-corrected chi connectivity index (χ0v) is 13.6. The molecule has 6 heteroatoms. The second kappa shape index (κ2) is 6.93. The van der Waals surface area contributed by atoms with Crippen LogP contribution in [0.5, 0.6) is 11.5 Å². The van der Waals surface area contributed by atoms with Crippen molar-refractivity contribution in [3.8, 4) is 11.5 Å². The molecule has 0 spiro atoms. The maximum absolute atomic E-state index is 14.3. The van der Waals surface area contributed by atoms with Gasteiger partial charge in [-0.25, -0.2) is 9.18 Å². The fourth-order valence-corrected chi connectivity index (χ4v) is 2.36. The van der Waals surface area contributed by atoms with Crippen molar-refractivity contribution in [1.29, 1.82) is 0 Å². The first kappa shape index (κ1) is 17.0. The van der Waals surface area contributed by atoms with E-state index in [0.717, 1.165) is 25.0 Å². The summed E-state index contributed by atoms with van der Waals surface area (Å²) in [5, 5.41) is 10.0. The van der Waals surface area contributed by atoms with Crippen molar-refractivity contribution in [2.45, 2.75) is 25.9 Å². The molecule has 2 aromatic carbocycles. The zero-order chi connectivity index (χ0) is 18.0. The van der Waals surface area contributed by atoms with E-state index >= 15 is 0 Å². The monoisotopic (exact) mass is 344 g/mol. The lowest BCUT2D eigenvalue weighted by Crippen LogP contribution is -2.09. The van der Waals surface area contributed by atoms with Crippen LogP contribution in [-0.2, 0) is 4.74 Å². The minimum atomic E-state index is -0.980. The smallest absolute Gasteiger partial charge is 0.338 e. The molecule has 1 saturated carbocycles. The molecule has 1 fully saturated rings. The summed E-state index contributed by atoms with van der Waals surface area (Å²) >= 11 is 0. The maximum atomic E-state index is 14.3. The molecule has 1 N–H and O–H groups in total. The first-order valence-corrected chi connectivity index (χ1v) is 8.00. The Morgan fingerprint density at radius 1 is 1.16 bits per heavy atom. The number of hydrogen-bond acceptors (Lipinski definition) is 5. The molecule has 0 amide bonds. The van der Waals surface area contributed by atoms with Crippen LogP contribution < -0.4 is 4.74 Å². The number of phenolic OH excluding ortho intramolecular Hbond substituents is 1. The van der Waals surface area contributed by atoms with Gasteiger partial charge in [-0.05, 0) is 56.2 Å². The highest BCUT2D eigenvalue weighted by molar-refractivity contribution is 6.11. The van der Waals surface area contributed by atoms with Gasteiger partial charge < -0.3 is 14.6 Å². The van der Waals surface area contributed by atoms with Crippen LogP contribution in [0.25, 0.3) is 0 Å². The second-order valence-corrected chi connectivity index (χ2v) is 5.74. The number of phenols is 1. The molecule has 2 aromatic rings. The predicted octanol–water partition coefficient (Wildman–Crippen LogP) is 3.48. The average Bonchev–Trinajstić information content (AvgIpc) is 3.39. The van der Waals surface area contributed by atoms with Gasteiger partial charge in [0.1, 0.15) is 22.9 Å². The number of ketones is 1. The van der Waals surface area contributed by atoms with Crippen LogP contribution in [0, 0.1) is 5.82 Å². The molecule has 0 saturated heterocycles. The molecular formula is C19H17FO5.